The van der Waals surface area contributed by atoms with Crippen LogP contribution < -0.4 is 14.4 Å². The van der Waals surface area contributed by atoms with E-state index in [-0.39, 0.29) is 18.6 Å². The number of hydrogen-bond donors (Lipinski definition) is 1. The summed E-state index contributed by atoms with van der Waals surface area (Å²) in [6.45, 7) is 7.31. The number of rotatable bonds is 9. The lowest BCUT2D eigenvalue weighted by Gasteiger charge is -2.29. The number of ether oxygens (including phenoxy) is 1. The van der Waals surface area contributed by atoms with Gasteiger partial charge in [0.2, 0.25) is 15.9 Å². The molecule has 2 aromatic rings. The number of hydrogen-bond acceptors (Lipinski definition) is 4. The molecule has 1 N–H and O–H groups in total. The molecule has 158 valence electrons. The Morgan fingerprint density at radius 2 is 1.76 bits per heavy atom. The lowest BCUT2D eigenvalue weighted by atomic mass is 9.95. The van der Waals surface area contributed by atoms with Gasteiger partial charge in [-0.1, -0.05) is 36.4 Å². The molecule has 0 aliphatic heterocycles. The third-order valence-electron chi connectivity index (χ3n) is 4.13. The molecule has 0 saturated heterocycles. The number of carbonyl (C=O) groups excluding carboxylic acids is 1. The Hall–Kier alpha value is -2.54. The van der Waals surface area contributed by atoms with E-state index in [2.05, 4.69) is 5.32 Å². The second-order valence-corrected chi connectivity index (χ2v) is 9.93. The van der Waals surface area contributed by atoms with E-state index < -0.39 is 15.6 Å². The summed E-state index contributed by atoms with van der Waals surface area (Å²) in [6.07, 6.45) is 1.68. The van der Waals surface area contributed by atoms with Gasteiger partial charge in [-0.15, -0.1) is 0 Å². The molecule has 7 heteroatoms. The molecule has 0 spiro atoms. The van der Waals surface area contributed by atoms with Gasteiger partial charge in [0.05, 0.1) is 18.0 Å². The van der Waals surface area contributed by atoms with Crippen molar-refractivity contribution in [2.45, 2.75) is 45.8 Å². The van der Waals surface area contributed by atoms with E-state index in [0.717, 1.165) is 16.1 Å². The summed E-state index contributed by atoms with van der Waals surface area (Å²) in [5, 5.41) is 2.95. The molecule has 2 rings (SSSR count). The summed E-state index contributed by atoms with van der Waals surface area (Å²) in [4.78, 5) is 12.7. The van der Waals surface area contributed by atoms with Gasteiger partial charge in [0, 0.05) is 11.6 Å². The Morgan fingerprint density at radius 3 is 2.34 bits per heavy atom. The zero-order valence-corrected chi connectivity index (χ0v) is 18.5. The van der Waals surface area contributed by atoms with E-state index in [1.807, 2.05) is 58.0 Å². The molecule has 0 atom stereocenters. The van der Waals surface area contributed by atoms with E-state index in [4.69, 9.17) is 4.74 Å². The van der Waals surface area contributed by atoms with Crippen LogP contribution in [0.5, 0.6) is 5.75 Å². The van der Waals surface area contributed by atoms with Crippen molar-refractivity contribution < 1.29 is 17.9 Å². The molecule has 0 aliphatic rings. The predicted octanol–water partition coefficient (Wildman–Crippen LogP) is 3.38. The first-order chi connectivity index (χ1) is 13.5. The quantitative estimate of drug-likeness (QED) is 0.677. The molecular weight excluding hydrogens is 388 g/mol. The van der Waals surface area contributed by atoms with Gasteiger partial charge in [-0.2, -0.15) is 0 Å². The SMILES string of the molecule is CC(C)Oc1cccc(N(CC(=O)NC(C)(C)Cc2ccccc2)S(C)(=O)=O)c1. The van der Waals surface area contributed by atoms with Crippen molar-refractivity contribution in [2.75, 3.05) is 17.1 Å². The van der Waals surface area contributed by atoms with Crippen LogP contribution in [0.1, 0.15) is 33.3 Å². The second kappa shape index (κ2) is 9.31. The van der Waals surface area contributed by atoms with Crippen molar-refractivity contribution >= 4 is 21.6 Å². The van der Waals surface area contributed by atoms with E-state index in [1.165, 1.54) is 0 Å². The maximum absolute atomic E-state index is 12.7. The summed E-state index contributed by atoms with van der Waals surface area (Å²) >= 11 is 0. The molecule has 2 aromatic carbocycles. The fraction of sp³-hybridized carbons (Fsp3) is 0.409. The topological polar surface area (TPSA) is 75.7 Å². The van der Waals surface area contributed by atoms with Gasteiger partial charge in [0.25, 0.3) is 0 Å². The molecular formula is C22H30N2O4S. The number of nitrogens with zero attached hydrogens (tertiary/aromatic N) is 1. The first kappa shape index (κ1) is 22.7. The van der Waals surface area contributed by atoms with Crippen LogP contribution in [0.15, 0.2) is 54.6 Å². The van der Waals surface area contributed by atoms with Crippen LogP contribution in [0, 0.1) is 0 Å². The van der Waals surface area contributed by atoms with Gasteiger partial charge in [-0.25, -0.2) is 8.42 Å². The summed E-state index contributed by atoms with van der Waals surface area (Å²) in [7, 11) is -3.66. The van der Waals surface area contributed by atoms with Crippen LogP contribution in [0.25, 0.3) is 0 Å². The Morgan fingerprint density at radius 1 is 1.10 bits per heavy atom. The molecule has 1 amide bonds. The lowest BCUT2D eigenvalue weighted by molar-refractivity contribution is -0.121. The maximum Gasteiger partial charge on any atom is 0.241 e. The van der Waals surface area contributed by atoms with Crippen LogP contribution in [0.4, 0.5) is 5.69 Å². The molecule has 0 aliphatic carbocycles. The van der Waals surface area contributed by atoms with Gasteiger partial charge in [-0.3, -0.25) is 9.10 Å². The van der Waals surface area contributed by atoms with Gasteiger partial charge in [0.15, 0.2) is 0 Å². The fourth-order valence-electron chi connectivity index (χ4n) is 3.08. The number of nitrogens with one attached hydrogen (secondary N) is 1. The zero-order valence-electron chi connectivity index (χ0n) is 17.7. The first-order valence-corrected chi connectivity index (χ1v) is 11.4. The molecule has 0 saturated carbocycles. The minimum Gasteiger partial charge on any atom is -0.491 e. The Kier molecular flexibility index (Phi) is 7.30. The monoisotopic (exact) mass is 418 g/mol. The highest BCUT2D eigenvalue weighted by molar-refractivity contribution is 7.92. The molecule has 0 heterocycles. The van der Waals surface area contributed by atoms with Crippen molar-refractivity contribution in [3.8, 4) is 5.75 Å². The smallest absolute Gasteiger partial charge is 0.241 e. The van der Waals surface area contributed by atoms with Crippen LogP contribution >= 0.6 is 0 Å². The third kappa shape index (κ3) is 7.42. The van der Waals surface area contributed by atoms with Crippen LogP contribution in [0.3, 0.4) is 0 Å². The Bertz CT molecular complexity index is 925. The average molecular weight is 419 g/mol. The lowest BCUT2D eigenvalue weighted by Crippen LogP contribution is -2.50. The number of sulfonamides is 1. The highest BCUT2D eigenvalue weighted by atomic mass is 32.2. The maximum atomic E-state index is 12.7. The number of anilines is 1. The average Bonchev–Trinajstić information content (AvgIpc) is 2.58. The van der Waals surface area contributed by atoms with E-state index in [9.17, 15) is 13.2 Å². The molecule has 0 fully saturated rings. The standard InChI is InChI=1S/C22H30N2O4S/c1-17(2)28-20-13-9-12-19(14-20)24(29(5,26)27)16-21(25)23-22(3,4)15-18-10-7-6-8-11-18/h6-14,17H,15-16H2,1-5H3,(H,23,25). The molecule has 0 radical (unpaired) electrons. The van der Waals surface area contributed by atoms with Gasteiger partial charge in [0.1, 0.15) is 12.3 Å². The van der Waals surface area contributed by atoms with E-state index in [1.54, 1.807) is 24.3 Å². The zero-order chi connectivity index (χ0) is 21.7. The highest BCUT2D eigenvalue weighted by Gasteiger charge is 2.26. The third-order valence-corrected chi connectivity index (χ3v) is 5.27. The molecule has 0 bridgehead atoms. The van der Waals surface area contributed by atoms with Crippen molar-refractivity contribution in [3.05, 3.63) is 60.2 Å². The molecule has 6 nitrogen and oxygen atoms in total. The van der Waals surface area contributed by atoms with Crippen molar-refractivity contribution in [3.63, 3.8) is 0 Å². The van der Waals surface area contributed by atoms with E-state index in [0.29, 0.717) is 17.9 Å². The first-order valence-electron chi connectivity index (χ1n) is 9.56. The second-order valence-electron chi connectivity index (χ2n) is 8.03. The molecule has 0 aromatic heterocycles. The van der Waals surface area contributed by atoms with Crippen LogP contribution in [-0.2, 0) is 21.2 Å². The number of amides is 1. The molecule has 29 heavy (non-hydrogen) atoms. The summed E-state index contributed by atoms with van der Waals surface area (Å²) in [5.41, 5.74) is 0.961. The van der Waals surface area contributed by atoms with Crippen molar-refractivity contribution in [1.29, 1.82) is 0 Å². The van der Waals surface area contributed by atoms with Crippen molar-refractivity contribution in [2.24, 2.45) is 0 Å². The number of carbonyl (C=O) groups is 1. The fourth-order valence-corrected chi connectivity index (χ4v) is 3.93. The largest absolute Gasteiger partial charge is 0.491 e. The van der Waals surface area contributed by atoms with Gasteiger partial charge in [-0.05, 0) is 51.8 Å². The van der Waals surface area contributed by atoms with Crippen LogP contribution in [0.2, 0.25) is 0 Å². The predicted molar refractivity (Wildman–Crippen MR) is 117 cm³/mol. The minimum atomic E-state index is -3.66. The van der Waals surface area contributed by atoms with Crippen molar-refractivity contribution in [1.82, 2.24) is 5.32 Å². The normalized spacial score (nSPS) is 11.9. The molecule has 0 unspecified atom stereocenters. The number of benzene rings is 2. The minimum absolute atomic E-state index is 0.0426. The Balaban J connectivity index is 2.15. The Labute approximate surface area is 173 Å². The summed E-state index contributed by atoms with van der Waals surface area (Å²) in [6, 6.07) is 16.6. The van der Waals surface area contributed by atoms with E-state index >= 15 is 0 Å². The summed E-state index contributed by atoms with van der Waals surface area (Å²) in [5.74, 6) is 0.183. The van der Waals surface area contributed by atoms with Crippen LogP contribution in [-0.4, -0.2) is 38.8 Å². The van der Waals surface area contributed by atoms with Gasteiger partial charge >= 0.3 is 0 Å². The van der Waals surface area contributed by atoms with Gasteiger partial charge < -0.3 is 10.1 Å². The highest BCUT2D eigenvalue weighted by Crippen LogP contribution is 2.24. The summed E-state index contributed by atoms with van der Waals surface area (Å²) < 4.78 is 31.5.